The summed E-state index contributed by atoms with van der Waals surface area (Å²) in [4.78, 5) is 44.1. The summed E-state index contributed by atoms with van der Waals surface area (Å²) in [6, 6.07) is 25.0. The van der Waals surface area contributed by atoms with Crippen LogP contribution < -0.4 is 5.43 Å². The monoisotopic (exact) mass is 612 g/mol. The number of para-hydroxylation sites is 1. The number of aromatic nitrogens is 1. The number of aliphatic carboxylic acids is 1. The molecule has 0 saturated carbocycles. The molecule has 0 spiro atoms. The number of carbonyl (C=O) groups excluding carboxylic acids is 2. The molecular formula is C36H44N4O5. The van der Waals surface area contributed by atoms with Crippen LogP contribution in [-0.2, 0) is 27.2 Å². The van der Waals surface area contributed by atoms with Crippen molar-refractivity contribution in [3.8, 4) is 0 Å². The fourth-order valence-electron chi connectivity index (χ4n) is 5.52. The Bertz CT molecular complexity index is 1560. The second kappa shape index (κ2) is 15.0. The summed E-state index contributed by atoms with van der Waals surface area (Å²) in [5, 5.41) is 12.8. The third-order valence-corrected chi connectivity index (χ3v) is 7.62. The van der Waals surface area contributed by atoms with Crippen LogP contribution in [0.5, 0.6) is 0 Å². The predicted octanol–water partition coefficient (Wildman–Crippen LogP) is 5.47. The Hall–Kier alpha value is -4.47. The fraction of sp³-hybridized carbons (Fsp3) is 0.361. The van der Waals surface area contributed by atoms with Gasteiger partial charge in [-0.3, -0.25) is 19.8 Å². The van der Waals surface area contributed by atoms with Crippen LogP contribution in [0.2, 0.25) is 0 Å². The lowest BCUT2D eigenvalue weighted by Gasteiger charge is -2.40. The number of nitrogens with one attached hydrogen (secondary N) is 2. The van der Waals surface area contributed by atoms with Gasteiger partial charge < -0.3 is 19.7 Å². The first-order valence-electron chi connectivity index (χ1n) is 15.3. The molecule has 4 aromatic rings. The number of ether oxygens (including phenoxy) is 1. The van der Waals surface area contributed by atoms with E-state index in [2.05, 4.69) is 10.4 Å². The van der Waals surface area contributed by atoms with Gasteiger partial charge in [0.15, 0.2) is 0 Å². The Labute approximate surface area is 265 Å². The normalized spacial score (nSPS) is 13.7. The van der Waals surface area contributed by atoms with Crippen molar-refractivity contribution in [2.45, 2.75) is 70.7 Å². The Morgan fingerprint density at radius 3 is 2.18 bits per heavy atom. The van der Waals surface area contributed by atoms with Crippen molar-refractivity contribution in [1.82, 2.24) is 20.3 Å². The molecule has 1 aromatic heterocycles. The topological polar surface area (TPSA) is 115 Å². The van der Waals surface area contributed by atoms with Crippen LogP contribution in [0.15, 0.2) is 91.1 Å². The highest BCUT2D eigenvalue weighted by Crippen LogP contribution is 2.22. The number of nitrogens with zero attached hydrogens (tertiary/aromatic N) is 2. The van der Waals surface area contributed by atoms with Crippen LogP contribution in [0, 0.1) is 0 Å². The molecule has 1 unspecified atom stereocenters. The quantitative estimate of drug-likeness (QED) is 0.128. The van der Waals surface area contributed by atoms with E-state index in [9.17, 15) is 19.5 Å². The molecule has 3 aromatic carbocycles. The van der Waals surface area contributed by atoms with Crippen LogP contribution in [0.3, 0.4) is 0 Å². The lowest BCUT2D eigenvalue weighted by atomic mass is 10.0. The fourth-order valence-corrected chi connectivity index (χ4v) is 5.52. The van der Waals surface area contributed by atoms with Gasteiger partial charge in [0.25, 0.3) is 5.91 Å². The van der Waals surface area contributed by atoms with Gasteiger partial charge in [-0.2, -0.15) is 0 Å². The molecule has 0 radical (unpaired) electrons. The van der Waals surface area contributed by atoms with Crippen molar-refractivity contribution in [2.24, 2.45) is 0 Å². The third-order valence-electron chi connectivity index (χ3n) is 7.62. The van der Waals surface area contributed by atoms with Crippen molar-refractivity contribution >= 4 is 28.7 Å². The van der Waals surface area contributed by atoms with Crippen LogP contribution in [-0.4, -0.2) is 75.2 Å². The minimum atomic E-state index is -0.965. The van der Waals surface area contributed by atoms with Crippen LogP contribution in [0.1, 0.15) is 55.6 Å². The molecule has 0 bridgehead atoms. The van der Waals surface area contributed by atoms with Gasteiger partial charge in [-0.05, 0) is 69.9 Å². The minimum Gasteiger partial charge on any atom is -0.481 e. The van der Waals surface area contributed by atoms with E-state index in [1.807, 2.05) is 99.8 Å². The van der Waals surface area contributed by atoms with E-state index in [1.165, 1.54) is 0 Å². The van der Waals surface area contributed by atoms with E-state index in [-0.39, 0.29) is 18.9 Å². The predicted molar refractivity (Wildman–Crippen MR) is 176 cm³/mol. The molecule has 238 valence electrons. The lowest BCUT2D eigenvalue weighted by molar-refractivity contribution is -0.164. The number of carboxylic acid groups (broad SMARTS) is 1. The van der Waals surface area contributed by atoms with Gasteiger partial charge in [0.1, 0.15) is 11.6 Å². The first-order chi connectivity index (χ1) is 21.4. The molecule has 0 fully saturated rings. The molecule has 1 heterocycles. The minimum absolute atomic E-state index is 0.153. The maximum absolute atomic E-state index is 13.6. The number of likely N-dealkylation sites (N-methyl/N-ethyl adjacent to an activating group) is 1. The summed E-state index contributed by atoms with van der Waals surface area (Å²) in [7, 11) is 1.74. The second-order valence-electron chi connectivity index (χ2n) is 12.5. The number of hydrazine groups is 1. The number of esters is 1. The Kier molecular flexibility index (Phi) is 11.1. The summed E-state index contributed by atoms with van der Waals surface area (Å²) >= 11 is 0. The SMILES string of the molecule is CC(C(=O)OC(C)(C)C)N(N[C@H](CC(=O)O)Cc1c[nH]c2ccccc12)[C@@H](Cc1ccccc1)CN(C)C(=O)c1ccccc1. The van der Waals surface area contributed by atoms with Gasteiger partial charge in [-0.15, -0.1) is 0 Å². The molecule has 3 atom stereocenters. The zero-order valence-corrected chi connectivity index (χ0v) is 26.7. The number of carboxylic acids is 1. The lowest BCUT2D eigenvalue weighted by Crippen LogP contribution is -2.61. The van der Waals surface area contributed by atoms with Crippen LogP contribution in [0.4, 0.5) is 0 Å². The van der Waals surface area contributed by atoms with E-state index in [1.54, 1.807) is 36.0 Å². The molecule has 3 N–H and O–H groups in total. The molecule has 0 aliphatic carbocycles. The number of hydrogen-bond acceptors (Lipinski definition) is 6. The molecule has 45 heavy (non-hydrogen) atoms. The van der Waals surface area contributed by atoms with E-state index in [0.717, 1.165) is 22.0 Å². The number of carbonyl (C=O) groups is 3. The highest BCUT2D eigenvalue weighted by Gasteiger charge is 2.35. The Morgan fingerprint density at radius 1 is 0.911 bits per heavy atom. The first kappa shape index (κ1) is 33.4. The van der Waals surface area contributed by atoms with E-state index >= 15 is 0 Å². The first-order valence-corrected chi connectivity index (χ1v) is 15.3. The van der Waals surface area contributed by atoms with Crippen molar-refractivity contribution in [3.05, 3.63) is 108 Å². The van der Waals surface area contributed by atoms with Crippen molar-refractivity contribution in [1.29, 1.82) is 0 Å². The van der Waals surface area contributed by atoms with Gasteiger partial charge in [0.2, 0.25) is 0 Å². The average molecular weight is 613 g/mol. The number of amides is 1. The van der Waals surface area contributed by atoms with E-state index in [4.69, 9.17) is 4.74 Å². The molecule has 0 saturated heterocycles. The molecule has 4 rings (SSSR count). The van der Waals surface area contributed by atoms with Crippen LogP contribution >= 0.6 is 0 Å². The maximum atomic E-state index is 13.6. The largest absolute Gasteiger partial charge is 0.481 e. The van der Waals surface area contributed by atoms with Gasteiger partial charge >= 0.3 is 11.9 Å². The summed E-state index contributed by atoms with van der Waals surface area (Å²) in [6.07, 6.45) is 2.59. The summed E-state index contributed by atoms with van der Waals surface area (Å²) in [5.41, 5.74) is 6.23. The third kappa shape index (κ3) is 9.51. The summed E-state index contributed by atoms with van der Waals surface area (Å²) in [6.45, 7) is 7.45. The van der Waals surface area contributed by atoms with Gasteiger partial charge in [-0.1, -0.05) is 66.7 Å². The van der Waals surface area contributed by atoms with Crippen molar-refractivity contribution in [2.75, 3.05) is 13.6 Å². The molecule has 9 nitrogen and oxygen atoms in total. The Morgan fingerprint density at radius 2 is 1.53 bits per heavy atom. The summed E-state index contributed by atoms with van der Waals surface area (Å²) < 4.78 is 5.81. The molecule has 0 aliphatic rings. The average Bonchev–Trinajstić information content (AvgIpc) is 3.41. The number of rotatable bonds is 14. The number of benzene rings is 3. The van der Waals surface area contributed by atoms with Crippen LogP contribution in [0.25, 0.3) is 10.9 Å². The zero-order chi connectivity index (χ0) is 32.6. The van der Waals surface area contributed by atoms with Crippen molar-refractivity contribution in [3.63, 3.8) is 0 Å². The standard InChI is InChI=1S/C36H44N4O5/c1-25(35(44)45-36(2,3)4)40(38-29(22-33(41)42)21-28-23-37-32-19-13-12-18-31(28)32)30(20-26-14-8-6-9-15-26)24-39(5)34(43)27-16-10-7-11-17-27/h6-19,23,25,29-30,37-38H,20-22,24H2,1-5H3,(H,41,42)/t25?,29-,30-/m0/s1. The Balaban J connectivity index is 1.72. The number of H-pyrrole nitrogens is 1. The molecule has 0 aliphatic heterocycles. The molecule has 9 heteroatoms. The van der Waals surface area contributed by atoms with Crippen molar-refractivity contribution < 1.29 is 24.2 Å². The smallest absolute Gasteiger partial charge is 0.325 e. The van der Waals surface area contributed by atoms with Gasteiger partial charge in [0, 0.05) is 48.3 Å². The van der Waals surface area contributed by atoms with E-state index < -0.39 is 35.7 Å². The highest BCUT2D eigenvalue weighted by molar-refractivity contribution is 5.94. The second-order valence-corrected chi connectivity index (χ2v) is 12.5. The number of aromatic amines is 1. The summed E-state index contributed by atoms with van der Waals surface area (Å²) in [5.74, 6) is -1.57. The number of fused-ring (bicyclic) bond motifs is 1. The molecular weight excluding hydrogens is 568 g/mol. The van der Waals surface area contributed by atoms with Gasteiger partial charge in [0.05, 0.1) is 6.42 Å². The zero-order valence-electron chi connectivity index (χ0n) is 26.7. The van der Waals surface area contributed by atoms with E-state index in [0.29, 0.717) is 18.4 Å². The maximum Gasteiger partial charge on any atom is 0.325 e. The number of hydrogen-bond donors (Lipinski definition) is 3. The van der Waals surface area contributed by atoms with Gasteiger partial charge in [-0.25, -0.2) is 5.01 Å². The highest BCUT2D eigenvalue weighted by atomic mass is 16.6. The molecule has 1 amide bonds.